The topological polar surface area (TPSA) is 153 Å². The predicted octanol–water partition coefficient (Wildman–Crippen LogP) is 6.67. The summed E-state index contributed by atoms with van der Waals surface area (Å²) in [6.45, 7) is 11.2. The van der Waals surface area contributed by atoms with E-state index in [0.29, 0.717) is 65.4 Å². The Morgan fingerprint density at radius 3 is 1.70 bits per heavy atom. The Hall–Kier alpha value is 0.1000. The van der Waals surface area contributed by atoms with Crippen molar-refractivity contribution < 1.29 is 47.5 Å². The molecule has 0 spiro atoms. The van der Waals surface area contributed by atoms with E-state index in [1.54, 1.807) is 0 Å². The van der Waals surface area contributed by atoms with Gasteiger partial charge in [-0.25, -0.2) is 5.09 Å². The van der Waals surface area contributed by atoms with Crippen molar-refractivity contribution in [1.82, 2.24) is 5.09 Å². The first-order valence-corrected chi connectivity index (χ1v) is 20.6. The molecule has 0 fully saturated rings. The summed E-state index contributed by atoms with van der Waals surface area (Å²) >= 11 is 0. The summed E-state index contributed by atoms with van der Waals surface area (Å²) in [4.78, 5) is 20.8. The maximum Gasteiger partial charge on any atom is 0.331 e. The minimum atomic E-state index is -3.79. The van der Waals surface area contributed by atoms with Crippen molar-refractivity contribution in [2.75, 3.05) is 66.0 Å². The lowest BCUT2D eigenvalue weighted by Gasteiger charge is -2.23. The lowest BCUT2D eigenvalue weighted by molar-refractivity contribution is -0.0252. The first-order chi connectivity index (χ1) is 21.1. The number of rotatable bonds is 34. The normalized spacial score (nSPS) is 16.8. The molecule has 5 unspecified atom stereocenters. The van der Waals surface area contributed by atoms with Gasteiger partial charge in [0.2, 0.25) is 0 Å². The van der Waals surface area contributed by atoms with Crippen LogP contribution in [0.15, 0.2) is 0 Å². The van der Waals surface area contributed by atoms with Crippen molar-refractivity contribution in [1.29, 1.82) is 0 Å². The van der Waals surface area contributed by atoms with Gasteiger partial charge in [0.05, 0.1) is 58.5 Å². The van der Waals surface area contributed by atoms with Gasteiger partial charge in [0.25, 0.3) is 7.52 Å². The Morgan fingerprint density at radius 1 is 0.591 bits per heavy atom. The highest BCUT2D eigenvalue weighted by atomic mass is 31.2. The zero-order valence-corrected chi connectivity index (χ0v) is 30.1. The maximum atomic E-state index is 12.7. The van der Waals surface area contributed by atoms with Gasteiger partial charge in [0.15, 0.2) is 0 Å². The van der Waals surface area contributed by atoms with Gasteiger partial charge in [-0.15, -0.1) is 0 Å². The summed E-state index contributed by atoms with van der Waals surface area (Å²) in [5.41, 5.74) is -0.575. The molecule has 5 atom stereocenters. The SMILES string of the molecule is CCCCCCCC(CC)P(=O)(O)OCC(O)COCCOCCOCCOCCCNP(=O)(O)C(CCC)CCCCC. The second-order valence-electron chi connectivity index (χ2n) is 11.5. The third-order valence-electron chi connectivity index (χ3n) is 7.51. The number of hydrogen-bond donors (Lipinski definition) is 4. The fourth-order valence-electron chi connectivity index (χ4n) is 4.81. The van der Waals surface area contributed by atoms with Crippen molar-refractivity contribution in [3.05, 3.63) is 0 Å². The number of hydrogen-bond acceptors (Lipinski definition) is 8. The average molecular weight is 676 g/mol. The summed E-state index contributed by atoms with van der Waals surface area (Å²) in [7, 11) is -7.15. The van der Waals surface area contributed by atoms with Crippen LogP contribution < -0.4 is 5.09 Å². The molecule has 0 aromatic heterocycles. The number of aliphatic hydroxyl groups is 1. The standard InChI is InChI=1S/C31H67NO10P2/c1-5-9-11-12-14-17-30(8-4)44(36,37)42-28-29(33)27-41-26-25-40-24-23-39-22-21-38-20-15-19-32-43(34,35)31(16-7-3)18-13-10-6-2/h29-31,33H,5-28H2,1-4H3,(H,36,37)(H2,32,34,35). The van der Waals surface area contributed by atoms with Gasteiger partial charge in [0.1, 0.15) is 6.10 Å². The van der Waals surface area contributed by atoms with E-state index in [1.807, 2.05) is 13.8 Å². The van der Waals surface area contributed by atoms with Crippen molar-refractivity contribution >= 4 is 15.1 Å². The van der Waals surface area contributed by atoms with Gasteiger partial charge in [-0.05, 0) is 32.1 Å². The van der Waals surface area contributed by atoms with Crippen LogP contribution in [0.2, 0.25) is 0 Å². The van der Waals surface area contributed by atoms with E-state index < -0.39 is 26.9 Å². The van der Waals surface area contributed by atoms with Crippen molar-refractivity contribution in [2.24, 2.45) is 0 Å². The highest BCUT2D eigenvalue weighted by Gasteiger charge is 2.31. The minimum absolute atomic E-state index is 0.00529. The van der Waals surface area contributed by atoms with Crippen LogP contribution in [0.25, 0.3) is 0 Å². The summed E-state index contributed by atoms with van der Waals surface area (Å²) < 4.78 is 52.4. The van der Waals surface area contributed by atoms with Gasteiger partial charge >= 0.3 is 7.60 Å². The summed E-state index contributed by atoms with van der Waals surface area (Å²) in [6, 6.07) is 0. The zero-order valence-electron chi connectivity index (χ0n) is 28.3. The summed E-state index contributed by atoms with van der Waals surface area (Å²) in [5, 5.41) is 12.9. The van der Waals surface area contributed by atoms with Crippen molar-refractivity contribution in [3.63, 3.8) is 0 Å². The van der Waals surface area contributed by atoms with Gasteiger partial charge in [0, 0.05) is 18.8 Å². The Morgan fingerprint density at radius 2 is 1.11 bits per heavy atom. The van der Waals surface area contributed by atoms with Crippen LogP contribution in [0.1, 0.15) is 118 Å². The van der Waals surface area contributed by atoms with Gasteiger partial charge in [-0.2, -0.15) is 0 Å². The van der Waals surface area contributed by atoms with Crippen LogP contribution in [0, 0.1) is 0 Å². The average Bonchev–Trinajstić information content (AvgIpc) is 2.99. The van der Waals surface area contributed by atoms with Gasteiger partial charge in [-0.1, -0.05) is 85.5 Å². The van der Waals surface area contributed by atoms with Crippen LogP contribution in [0.5, 0.6) is 0 Å². The molecule has 0 aromatic carbocycles. The summed E-state index contributed by atoms with van der Waals surface area (Å²) in [6.07, 6.45) is 12.0. The fraction of sp³-hybridized carbons (Fsp3) is 1.00. The largest absolute Gasteiger partial charge is 0.388 e. The molecule has 0 saturated carbocycles. The van der Waals surface area contributed by atoms with E-state index in [9.17, 15) is 24.0 Å². The zero-order chi connectivity index (χ0) is 32.9. The second kappa shape index (κ2) is 29.3. The highest BCUT2D eigenvalue weighted by molar-refractivity contribution is 7.56. The number of aliphatic hydroxyl groups excluding tert-OH is 1. The number of nitrogens with one attached hydrogen (secondary N) is 1. The Balaban J connectivity index is 3.73. The number of ether oxygens (including phenoxy) is 4. The van der Waals surface area contributed by atoms with E-state index in [4.69, 9.17) is 23.5 Å². The molecule has 0 saturated heterocycles. The molecule has 266 valence electrons. The van der Waals surface area contributed by atoms with Gasteiger partial charge < -0.3 is 38.4 Å². The summed E-state index contributed by atoms with van der Waals surface area (Å²) in [5.74, 6) is 0. The quantitative estimate of drug-likeness (QED) is 0.0427. The lowest BCUT2D eigenvalue weighted by atomic mass is 10.1. The third kappa shape index (κ3) is 24.3. The van der Waals surface area contributed by atoms with E-state index >= 15 is 0 Å². The van der Waals surface area contributed by atoms with Crippen LogP contribution >= 0.6 is 15.1 Å². The fourth-order valence-corrected chi connectivity index (χ4v) is 8.25. The van der Waals surface area contributed by atoms with Crippen LogP contribution in [0.3, 0.4) is 0 Å². The first kappa shape index (κ1) is 44.1. The molecule has 0 aliphatic carbocycles. The molecule has 0 rings (SSSR count). The molecule has 0 bridgehead atoms. The molecular weight excluding hydrogens is 608 g/mol. The van der Waals surface area contributed by atoms with Crippen LogP contribution in [0.4, 0.5) is 0 Å². The van der Waals surface area contributed by atoms with E-state index in [0.717, 1.165) is 64.2 Å². The number of unbranched alkanes of at least 4 members (excludes halogenated alkanes) is 6. The minimum Gasteiger partial charge on any atom is -0.388 e. The van der Waals surface area contributed by atoms with E-state index in [2.05, 4.69) is 18.9 Å². The monoisotopic (exact) mass is 675 g/mol. The lowest BCUT2D eigenvalue weighted by Crippen LogP contribution is -2.24. The second-order valence-corrected chi connectivity index (χ2v) is 15.9. The molecule has 0 aromatic rings. The molecule has 44 heavy (non-hydrogen) atoms. The molecule has 0 amide bonds. The molecule has 4 N–H and O–H groups in total. The Kier molecular flexibility index (Phi) is 29.3. The Labute approximate surface area is 268 Å². The smallest absolute Gasteiger partial charge is 0.331 e. The first-order valence-electron chi connectivity index (χ1n) is 17.2. The predicted molar refractivity (Wildman–Crippen MR) is 178 cm³/mol. The molecule has 11 nitrogen and oxygen atoms in total. The molecule has 0 aliphatic rings. The van der Waals surface area contributed by atoms with Crippen LogP contribution in [-0.4, -0.2) is 98.3 Å². The molecule has 0 heterocycles. The molecule has 0 radical (unpaired) electrons. The van der Waals surface area contributed by atoms with Crippen LogP contribution in [-0.2, 0) is 32.6 Å². The molecule has 0 aliphatic heterocycles. The molecular formula is C31H67NO10P2. The Bertz CT molecular complexity index is 734. The third-order valence-corrected chi connectivity index (χ3v) is 11.8. The molecule has 13 heteroatoms. The van der Waals surface area contributed by atoms with Gasteiger partial charge in [-0.3, -0.25) is 9.13 Å². The van der Waals surface area contributed by atoms with Crippen molar-refractivity contribution in [3.8, 4) is 0 Å². The van der Waals surface area contributed by atoms with Crippen molar-refractivity contribution in [2.45, 2.75) is 135 Å². The highest BCUT2D eigenvalue weighted by Crippen LogP contribution is 2.51. The van der Waals surface area contributed by atoms with E-state index in [-0.39, 0.29) is 25.5 Å². The maximum absolute atomic E-state index is 12.7. The van der Waals surface area contributed by atoms with E-state index in [1.165, 1.54) is 6.42 Å².